The molecule has 0 fully saturated rings. The Kier molecular flexibility index (Phi) is 3.70. The molecule has 1 aromatic heterocycles. The van der Waals surface area contributed by atoms with Crippen LogP contribution in [0.1, 0.15) is 15.9 Å². The van der Waals surface area contributed by atoms with Gasteiger partial charge < -0.3 is 10.3 Å². The van der Waals surface area contributed by atoms with Crippen molar-refractivity contribution < 1.29 is 9.18 Å². The third kappa shape index (κ3) is 2.55. The van der Waals surface area contributed by atoms with Crippen LogP contribution in [0.4, 0.5) is 4.39 Å². The van der Waals surface area contributed by atoms with E-state index in [0.29, 0.717) is 33.4 Å². The number of hydrogen-bond donors (Lipinski definition) is 1. The van der Waals surface area contributed by atoms with E-state index in [1.807, 2.05) is 28.8 Å². The molecule has 1 heterocycles. The van der Waals surface area contributed by atoms with Crippen LogP contribution < -0.4 is 5.73 Å². The highest BCUT2D eigenvalue weighted by Crippen LogP contribution is 2.33. The van der Waals surface area contributed by atoms with Gasteiger partial charge in [0.1, 0.15) is 5.82 Å². The van der Waals surface area contributed by atoms with E-state index in [2.05, 4.69) is 6.07 Å². The maximum absolute atomic E-state index is 14.6. The van der Waals surface area contributed by atoms with E-state index in [1.165, 1.54) is 12.1 Å². The first kappa shape index (κ1) is 15.7. The van der Waals surface area contributed by atoms with Gasteiger partial charge in [0.05, 0.1) is 11.0 Å². The van der Waals surface area contributed by atoms with Gasteiger partial charge in [-0.2, -0.15) is 0 Å². The van der Waals surface area contributed by atoms with Gasteiger partial charge in [-0.15, -0.1) is 0 Å². The lowest BCUT2D eigenvalue weighted by atomic mass is 10.1. The Bertz CT molecular complexity index is 1130. The second-order valence-electron chi connectivity index (χ2n) is 5.83. The van der Waals surface area contributed by atoms with Crippen molar-refractivity contribution >= 4 is 39.3 Å². The molecule has 123 valence electrons. The summed E-state index contributed by atoms with van der Waals surface area (Å²) in [5.74, 6) is -0.924. The van der Waals surface area contributed by atoms with Crippen molar-refractivity contribution in [2.75, 3.05) is 0 Å². The highest BCUT2D eigenvalue weighted by molar-refractivity contribution is 6.30. The first-order valence-corrected chi connectivity index (χ1v) is 8.09. The van der Waals surface area contributed by atoms with Crippen molar-refractivity contribution in [1.82, 2.24) is 4.57 Å². The fraction of sp³-hybridized carbons (Fsp3) is 0.0500. The lowest BCUT2D eigenvalue weighted by Crippen LogP contribution is -2.11. The molecule has 3 nitrogen and oxygen atoms in total. The number of halogens is 2. The van der Waals surface area contributed by atoms with Crippen LogP contribution in [0.3, 0.4) is 0 Å². The predicted octanol–water partition coefficient (Wildman–Crippen LogP) is 4.53. The van der Waals surface area contributed by atoms with Crippen molar-refractivity contribution in [2.24, 2.45) is 5.73 Å². The minimum atomic E-state index is -0.551. The van der Waals surface area contributed by atoms with E-state index < -0.39 is 5.91 Å². The molecule has 0 aliphatic carbocycles. The molecular weight excluding hydrogens is 339 g/mol. The molecular formula is C20H13ClFN2O. The van der Waals surface area contributed by atoms with Gasteiger partial charge >= 0.3 is 0 Å². The van der Waals surface area contributed by atoms with Gasteiger partial charge in [0.2, 0.25) is 5.91 Å². The van der Waals surface area contributed by atoms with E-state index in [0.717, 1.165) is 11.1 Å². The van der Waals surface area contributed by atoms with Crippen molar-refractivity contribution in [3.05, 3.63) is 82.6 Å². The lowest BCUT2D eigenvalue weighted by Gasteiger charge is -2.09. The number of benzene rings is 3. The van der Waals surface area contributed by atoms with Crippen molar-refractivity contribution in [1.29, 1.82) is 0 Å². The number of carbonyl (C=O) groups is 1. The summed E-state index contributed by atoms with van der Waals surface area (Å²) in [4.78, 5) is 11.8. The molecule has 0 bridgehead atoms. The first-order chi connectivity index (χ1) is 12.1. The standard InChI is InChI=1S/C20H13ClFN2O/c21-13-5-1-4-12(10-13)11-24-17-9-3-7-15(20(23)25)18(17)14-6-2-8-16(22)19(14)24/h1-5,7-10H,11H2,(H2,23,25). The average molecular weight is 352 g/mol. The molecule has 2 N–H and O–H groups in total. The monoisotopic (exact) mass is 351 g/mol. The molecule has 1 radical (unpaired) electrons. The van der Waals surface area contributed by atoms with Crippen molar-refractivity contribution in [2.45, 2.75) is 6.54 Å². The molecule has 0 saturated heterocycles. The number of primary amides is 1. The third-order valence-electron chi connectivity index (χ3n) is 4.27. The summed E-state index contributed by atoms with van der Waals surface area (Å²) in [6.45, 7) is 0.414. The second kappa shape index (κ2) is 5.90. The Balaban J connectivity index is 2.08. The average Bonchev–Trinajstić information content (AvgIpc) is 2.90. The van der Waals surface area contributed by atoms with Crippen molar-refractivity contribution in [3.8, 4) is 0 Å². The number of rotatable bonds is 3. The zero-order chi connectivity index (χ0) is 17.6. The zero-order valence-corrected chi connectivity index (χ0v) is 13.8. The number of carbonyl (C=O) groups excluding carboxylic acids is 1. The second-order valence-corrected chi connectivity index (χ2v) is 6.27. The van der Waals surface area contributed by atoms with Crippen LogP contribution in [-0.4, -0.2) is 10.5 Å². The highest BCUT2D eigenvalue weighted by atomic mass is 35.5. The summed E-state index contributed by atoms with van der Waals surface area (Å²) < 4.78 is 16.4. The zero-order valence-electron chi connectivity index (χ0n) is 13.1. The smallest absolute Gasteiger partial charge is 0.249 e. The fourth-order valence-electron chi connectivity index (χ4n) is 3.26. The summed E-state index contributed by atoms with van der Waals surface area (Å²) in [6.07, 6.45) is 0. The van der Waals surface area contributed by atoms with Gasteiger partial charge in [0.25, 0.3) is 0 Å². The van der Waals surface area contributed by atoms with Crippen molar-refractivity contribution in [3.63, 3.8) is 0 Å². The van der Waals surface area contributed by atoms with E-state index in [-0.39, 0.29) is 5.82 Å². The van der Waals surface area contributed by atoms with Gasteiger partial charge in [-0.25, -0.2) is 4.39 Å². The Hall–Kier alpha value is -2.85. The number of amides is 1. The molecule has 0 atom stereocenters. The van der Waals surface area contributed by atoms with Crippen LogP contribution in [0.25, 0.3) is 21.8 Å². The minimum absolute atomic E-state index is 0.356. The highest BCUT2D eigenvalue weighted by Gasteiger charge is 2.18. The molecule has 4 aromatic rings. The Labute approximate surface area is 148 Å². The quantitative estimate of drug-likeness (QED) is 0.579. The Morgan fingerprint density at radius 1 is 1.20 bits per heavy atom. The van der Waals surface area contributed by atoms with E-state index in [9.17, 15) is 9.18 Å². The predicted molar refractivity (Wildman–Crippen MR) is 97.3 cm³/mol. The summed E-state index contributed by atoms with van der Waals surface area (Å²) in [5.41, 5.74) is 7.93. The van der Waals surface area contributed by atoms with Crippen LogP contribution >= 0.6 is 11.6 Å². The van der Waals surface area contributed by atoms with E-state index in [1.54, 1.807) is 18.2 Å². The van der Waals surface area contributed by atoms with Crippen LogP contribution in [0.15, 0.2) is 54.6 Å². The van der Waals surface area contributed by atoms with Crippen LogP contribution in [0.5, 0.6) is 0 Å². The van der Waals surface area contributed by atoms with Gasteiger partial charge in [0.15, 0.2) is 0 Å². The number of aromatic nitrogens is 1. The molecule has 0 spiro atoms. The molecule has 4 rings (SSSR count). The number of hydrogen-bond acceptors (Lipinski definition) is 1. The van der Waals surface area contributed by atoms with E-state index in [4.69, 9.17) is 17.3 Å². The molecule has 25 heavy (non-hydrogen) atoms. The molecule has 0 aliphatic heterocycles. The maximum Gasteiger partial charge on any atom is 0.249 e. The van der Waals surface area contributed by atoms with Gasteiger partial charge in [0, 0.05) is 27.9 Å². The molecule has 5 heteroatoms. The SMILES string of the molecule is NC(=O)c1cccc2c1c1[c]ccc(F)c1n2Cc1cccc(Cl)c1. The topological polar surface area (TPSA) is 48.0 Å². The summed E-state index contributed by atoms with van der Waals surface area (Å²) >= 11 is 6.07. The molecule has 0 unspecified atom stereocenters. The van der Waals surface area contributed by atoms with E-state index >= 15 is 0 Å². The Morgan fingerprint density at radius 2 is 2.00 bits per heavy atom. The fourth-order valence-corrected chi connectivity index (χ4v) is 3.47. The summed E-state index contributed by atoms with van der Waals surface area (Å²) in [7, 11) is 0. The van der Waals surface area contributed by atoms with Gasteiger partial charge in [-0.1, -0.05) is 35.9 Å². The first-order valence-electron chi connectivity index (χ1n) is 7.71. The molecule has 0 saturated carbocycles. The lowest BCUT2D eigenvalue weighted by molar-refractivity contribution is 0.100. The largest absolute Gasteiger partial charge is 0.366 e. The number of nitrogens with zero attached hydrogens (tertiary/aromatic N) is 1. The summed E-state index contributed by atoms with van der Waals surface area (Å²) in [5, 5.41) is 1.78. The summed E-state index contributed by atoms with van der Waals surface area (Å²) in [6, 6.07) is 18.6. The van der Waals surface area contributed by atoms with Gasteiger partial charge in [-0.3, -0.25) is 4.79 Å². The molecule has 3 aromatic carbocycles. The third-order valence-corrected chi connectivity index (χ3v) is 4.50. The van der Waals surface area contributed by atoms with Gasteiger partial charge in [-0.05, 0) is 42.0 Å². The molecule has 0 aliphatic rings. The molecule has 1 amide bonds. The maximum atomic E-state index is 14.6. The normalized spacial score (nSPS) is 11.3. The number of nitrogens with two attached hydrogens (primary N) is 1. The van der Waals surface area contributed by atoms with Crippen LogP contribution in [-0.2, 0) is 6.54 Å². The minimum Gasteiger partial charge on any atom is -0.366 e. The number of fused-ring (bicyclic) bond motifs is 3. The van der Waals surface area contributed by atoms with Crippen LogP contribution in [0, 0.1) is 11.9 Å². The van der Waals surface area contributed by atoms with Crippen LogP contribution in [0.2, 0.25) is 5.02 Å². The Morgan fingerprint density at radius 3 is 2.76 bits per heavy atom.